The SMILES string of the molecule is CCCCCC(=O)NC(=S)N1CCNC(=O)[C@H]1CC(=O)OCC. The number of piperazine rings is 1. The van der Waals surface area contributed by atoms with Crippen LogP contribution in [-0.4, -0.2) is 53.5 Å². The molecule has 7 nitrogen and oxygen atoms in total. The van der Waals surface area contributed by atoms with Crippen LogP contribution in [0.5, 0.6) is 0 Å². The van der Waals surface area contributed by atoms with Crippen molar-refractivity contribution in [2.45, 2.75) is 52.0 Å². The Balaban J connectivity index is 2.61. The number of carbonyl (C=O) groups excluding carboxylic acids is 3. The van der Waals surface area contributed by atoms with Gasteiger partial charge in [0.1, 0.15) is 6.04 Å². The quantitative estimate of drug-likeness (QED) is 0.402. The lowest BCUT2D eigenvalue weighted by molar-refractivity contribution is -0.147. The van der Waals surface area contributed by atoms with Gasteiger partial charge in [0.2, 0.25) is 11.8 Å². The summed E-state index contributed by atoms with van der Waals surface area (Å²) in [6.45, 7) is 4.90. The van der Waals surface area contributed by atoms with E-state index >= 15 is 0 Å². The monoisotopic (exact) mass is 343 g/mol. The molecule has 1 rings (SSSR count). The Labute approximate surface area is 142 Å². The number of nitrogens with one attached hydrogen (secondary N) is 2. The second-order valence-electron chi connectivity index (χ2n) is 5.32. The van der Waals surface area contributed by atoms with Crippen molar-refractivity contribution in [2.24, 2.45) is 0 Å². The number of unbranched alkanes of at least 4 members (excludes halogenated alkanes) is 2. The molecule has 0 aromatic carbocycles. The van der Waals surface area contributed by atoms with Crippen molar-refractivity contribution in [3.05, 3.63) is 0 Å². The first-order valence-electron chi connectivity index (χ1n) is 8.03. The average Bonchev–Trinajstić information content (AvgIpc) is 2.49. The zero-order chi connectivity index (χ0) is 17.2. The van der Waals surface area contributed by atoms with E-state index < -0.39 is 12.0 Å². The van der Waals surface area contributed by atoms with Gasteiger partial charge in [0.25, 0.3) is 0 Å². The molecule has 1 aliphatic heterocycles. The average molecular weight is 343 g/mol. The first-order chi connectivity index (χ1) is 11.0. The van der Waals surface area contributed by atoms with Crippen LogP contribution in [0.4, 0.5) is 0 Å². The normalized spacial score (nSPS) is 17.4. The van der Waals surface area contributed by atoms with E-state index in [9.17, 15) is 14.4 Å². The standard InChI is InChI=1S/C15H25N3O4S/c1-3-5-6-7-12(19)17-15(23)18-9-8-16-14(21)11(18)10-13(20)22-4-2/h11H,3-10H2,1-2H3,(H,16,21)(H,17,19,23)/t11-/m1/s1. The Bertz CT molecular complexity index is 456. The highest BCUT2D eigenvalue weighted by Crippen LogP contribution is 2.11. The van der Waals surface area contributed by atoms with Crippen LogP contribution in [0.15, 0.2) is 0 Å². The highest BCUT2D eigenvalue weighted by Gasteiger charge is 2.34. The molecule has 1 aliphatic rings. The molecule has 8 heteroatoms. The fraction of sp³-hybridized carbons (Fsp3) is 0.733. The third-order valence-corrected chi connectivity index (χ3v) is 3.85. The minimum absolute atomic E-state index is 0.0917. The first-order valence-corrected chi connectivity index (χ1v) is 8.44. The van der Waals surface area contributed by atoms with E-state index in [1.807, 2.05) is 0 Å². The Morgan fingerprint density at radius 2 is 2.13 bits per heavy atom. The summed E-state index contributed by atoms with van der Waals surface area (Å²) in [5.74, 6) is -0.909. The molecule has 0 aliphatic carbocycles. The summed E-state index contributed by atoms with van der Waals surface area (Å²) in [7, 11) is 0. The second-order valence-corrected chi connectivity index (χ2v) is 5.71. The number of esters is 1. The molecule has 1 fully saturated rings. The van der Waals surface area contributed by atoms with Crippen LogP contribution in [0, 0.1) is 0 Å². The van der Waals surface area contributed by atoms with Gasteiger partial charge in [-0.1, -0.05) is 19.8 Å². The molecule has 23 heavy (non-hydrogen) atoms. The number of nitrogens with zero attached hydrogens (tertiary/aromatic N) is 1. The molecule has 0 unspecified atom stereocenters. The fourth-order valence-electron chi connectivity index (χ4n) is 2.33. The second kappa shape index (κ2) is 10.1. The maximum Gasteiger partial charge on any atom is 0.308 e. The van der Waals surface area contributed by atoms with E-state index in [-0.39, 0.29) is 30.0 Å². The Kier molecular flexibility index (Phi) is 8.53. The predicted molar refractivity (Wildman–Crippen MR) is 89.6 cm³/mol. The van der Waals surface area contributed by atoms with Gasteiger partial charge in [-0.3, -0.25) is 14.4 Å². The van der Waals surface area contributed by atoms with Crippen LogP contribution in [-0.2, 0) is 19.1 Å². The molecule has 2 amide bonds. The summed E-state index contributed by atoms with van der Waals surface area (Å²) in [6, 6.07) is -0.744. The van der Waals surface area contributed by atoms with Crippen LogP contribution in [0.1, 0.15) is 46.0 Å². The van der Waals surface area contributed by atoms with Gasteiger partial charge in [-0.05, 0) is 25.6 Å². The number of ether oxygens (including phenoxy) is 1. The van der Waals surface area contributed by atoms with Crippen molar-refractivity contribution in [3.63, 3.8) is 0 Å². The van der Waals surface area contributed by atoms with Gasteiger partial charge in [-0.2, -0.15) is 0 Å². The van der Waals surface area contributed by atoms with E-state index in [1.54, 1.807) is 11.8 Å². The highest BCUT2D eigenvalue weighted by atomic mass is 32.1. The molecule has 1 heterocycles. The molecule has 2 N–H and O–H groups in total. The molecular weight excluding hydrogens is 318 g/mol. The third kappa shape index (κ3) is 6.52. The zero-order valence-corrected chi connectivity index (χ0v) is 14.5. The molecule has 0 radical (unpaired) electrons. The van der Waals surface area contributed by atoms with Gasteiger partial charge in [0.05, 0.1) is 13.0 Å². The molecule has 0 saturated carbocycles. The summed E-state index contributed by atoms with van der Waals surface area (Å²) < 4.78 is 4.89. The van der Waals surface area contributed by atoms with Gasteiger partial charge in [0, 0.05) is 19.5 Å². The van der Waals surface area contributed by atoms with Crippen LogP contribution < -0.4 is 10.6 Å². The largest absolute Gasteiger partial charge is 0.466 e. The molecule has 130 valence electrons. The van der Waals surface area contributed by atoms with Crippen molar-refractivity contribution in [1.82, 2.24) is 15.5 Å². The molecular formula is C15H25N3O4S. The molecule has 0 bridgehead atoms. The van der Waals surface area contributed by atoms with Crippen LogP contribution in [0.3, 0.4) is 0 Å². The molecule has 0 aromatic heterocycles. The summed E-state index contributed by atoms with van der Waals surface area (Å²) >= 11 is 5.24. The Morgan fingerprint density at radius 1 is 1.39 bits per heavy atom. The fourth-order valence-corrected chi connectivity index (χ4v) is 2.66. The van der Waals surface area contributed by atoms with Gasteiger partial charge in [-0.25, -0.2) is 0 Å². The predicted octanol–water partition coefficient (Wildman–Crippen LogP) is 0.721. The van der Waals surface area contributed by atoms with E-state index in [4.69, 9.17) is 17.0 Å². The third-order valence-electron chi connectivity index (χ3n) is 3.51. The van der Waals surface area contributed by atoms with Crippen LogP contribution in [0.2, 0.25) is 0 Å². The van der Waals surface area contributed by atoms with Crippen molar-refractivity contribution < 1.29 is 19.1 Å². The van der Waals surface area contributed by atoms with E-state index in [0.717, 1.165) is 19.3 Å². The lowest BCUT2D eigenvalue weighted by atomic mass is 10.1. The van der Waals surface area contributed by atoms with E-state index in [0.29, 0.717) is 19.5 Å². The smallest absolute Gasteiger partial charge is 0.308 e. The van der Waals surface area contributed by atoms with Crippen LogP contribution >= 0.6 is 12.2 Å². The summed E-state index contributed by atoms with van der Waals surface area (Å²) in [6.07, 6.45) is 3.13. The lowest BCUT2D eigenvalue weighted by Gasteiger charge is -2.36. The number of thiocarbonyl (C=S) groups is 1. The van der Waals surface area contributed by atoms with Crippen molar-refractivity contribution in [2.75, 3.05) is 19.7 Å². The molecule has 0 spiro atoms. The lowest BCUT2D eigenvalue weighted by Crippen LogP contribution is -2.60. The van der Waals surface area contributed by atoms with Crippen molar-refractivity contribution in [1.29, 1.82) is 0 Å². The van der Waals surface area contributed by atoms with Gasteiger partial charge < -0.3 is 20.3 Å². The topological polar surface area (TPSA) is 87.7 Å². The first kappa shape index (κ1) is 19.3. The Morgan fingerprint density at radius 3 is 2.78 bits per heavy atom. The van der Waals surface area contributed by atoms with Crippen LogP contribution in [0.25, 0.3) is 0 Å². The molecule has 0 aromatic rings. The zero-order valence-electron chi connectivity index (χ0n) is 13.7. The minimum Gasteiger partial charge on any atom is -0.466 e. The maximum absolute atomic E-state index is 12.0. The highest BCUT2D eigenvalue weighted by molar-refractivity contribution is 7.80. The number of hydrogen-bond donors (Lipinski definition) is 2. The summed E-state index contributed by atoms with van der Waals surface area (Å²) in [4.78, 5) is 37.1. The number of hydrogen-bond acceptors (Lipinski definition) is 5. The maximum atomic E-state index is 12.0. The summed E-state index contributed by atoms with van der Waals surface area (Å²) in [5.41, 5.74) is 0. The molecule has 1 atom stereocenters. The summed E-state index contributed by atoms with van der Waals surface area (Å²) in [5, 5.41) is 5.54. The number of rotatable bonds is 7. The van der Waals surface area contributed by atoms with Gasteiger partial charge in [-0.15, -0.1) is 0 Å². The number of amides is 2. The van der Waals surface area contributed by atoms with Gasteiger partial charge >= 0.3 is 5.97 Å². The van der Waals surface area contributed by atoms with E-state index in [2.05, 4.69) is 17.6 Å². The molecule has 1 saturated heterocycles. The van der Waals surface area contributed by atoms with Crippen molar-refractivity contribution >= 4 is 35.1 Å². The van der Waals surface area contributed by atoms with Gasteiger partial charge in [0.15, 0.2) is 5.11 Å². The Hall–Kier alpha value is -1.70. The number of carbonyl (C=O) groups is 3. The van der Waals surface area contributed by atoms with E-state index in [1.165, 1.54) is 0 Å². The van der Waals surface area contributed by atoms with Crippen molar-refractivity contribution in [3.8, 4) is 0 Å². The minimum atomic E-state index is -0.744.